The molecule has 0 aliphatic rings. The maximum Gasteiger partial charge on any atom is 0.130 e. The highest BCUT2D eigenvalue weighted by Gasteiger charge is 2.15. The lowest BCUT2D eigenvalue weighted by molar-refractivity contribution is 0.396. The number of nitrogen functional groups attached to an aromatic ring is 1. The van der Waals surface area contributed by atoms with Gasteiger partial charge in [0.1, 0.15) is 17.2 Å². The number of aromatic hydroxyl groups is 1. The normalized spacial score (nSPS) is 10.1. The van der Waals surface area contributed by atoms with Gasteiger partial charge in [-0.3, -0.25) is 0 Å². The van der Waals surface area contributed by atoms with Crippen molar-refractivity contribution in [1.82, 2.24) is 0 Å². The molecule has 94 valence electrons. The smallest absolute Gasteiger partial charge is 0.130 e. The Labute approximate surface area is 106 Å². The molecule has 2 aromatic rings. The molecule has 0 amide bonds. The summed E-state index contributed by atoms with van der Waals surface area (Å²) in [4.78, 5) is 0. The van der Waals surface area contributed by atoms with Crippen molar-refractivity contribution in [2.75, 3.05) is 20.0 Å². The summed E-state index contributed by atoms with van der Waals surface area (Å²) in [6.45, 7) is 0. The average Bonchev–Trinajstić information content (AvgIpc) is 2.40. The molecule has 18 heavy (non-hydrogen) atoms. The minimum Gasteiger partial charge on any atom is -0.507 e. The Hall–Kier alpha value is -2.36. The zero-order chi connectivity index (χ0) is 13.1. The summed E-state index contributed by atoms with van der Waals surface area (Å²) >= 11 is 0. The van der Waals surface area contributed by atoms with E-state index in [4.69, 9.17) is 15.2 Å². The highest BCUT2D eigenvalue weighted by Crippen LogP contribution is 2.42. The first-order chi connectivity index (χ1) is 8.67. The molecule has 4 heteroatoms. The van der Waals surface area contributed by atoms with Crippen molar-refractivity contribution in [3.8, 4) is 28.4 Å². The van der Waals surface area contributed by atoms with Gasteiger partial charge in [-0.2, -0.15) is 0 Å². The monoisotopic (exact) mass is 245 g/mol. The molecule has 0 atom stereocenters. The van der Waals surface area contributed by atoms with E-state index in [2.05, 4.69) is 0 Å². The van der Waals surface area contributed by atoms with Crippen LogP contribution in [0.3, 0.4) is 0 Å². The molecule has 3 N–H and O–H groups in total. The van der Waals surface area contributed by atoms with Gasteiger partial charge < -0.3 is 20.3 Å². The average molecular weight is 245 g/mol. The summed E-state index contributed by atoms with van der Waals surface area (Å²) in [7, 11) is 3.14. The summed E-state index contributed by atoms with van der Waals surface area (Å²) in [6, 6.07) is 10.3. The molecule has 0 fully saturated rings. The van der Waals surface area contributed by atoms with Crippen LogP contribution in [-0.4, -0.2) is 19.3 Å². The molecule has 0 saturated heterocycles. The Kier molecular flexibility index (Phi) is 3.28. The first-order valence-corrected chi connectivity index (χ1v) is 5.47. The van der Waals surface area contributed by atoms with Crippen LogP contribution in [-0.2, 0) is 0 Å². The molecule has 4 nitrogen and oxygen atoms in total. The van der Waals surface area contributed by atoms with E-state index in [1.165, 1.54) is 0 Å². The fourth-order valence-corrected chi connectivity index (χ4v) is 1.87. The number of phenolic OH excluding ortho intramolecular Hbond substituents is 1. The van der Waals surface area contributed by atoms with Gasteiger partial charge in [-0.25, -0.2) is 0 Å². The predicted octanol–water partition coefficient (Wildman–Crippen LogP) is 2.66. The molecule has 0 aromatic heterocycles. The van der Waals surface area contributed by atoms with Crippen LogP contribution in [0.2, 0.25) is 0 Å². The predicted molar refractivity (Wildman–Crippen MR) is 71.1 cm³/mol. The van der Waals surface area contributed by atoms with E-state index in [1.807, 2.05) is 6.07 Å². The Morgan fingerprint density at radius 3 is 2.17 bits per heavy atom. The highest BCUT2D eigenvalue weighted by molar-refractivity contribution is 5.82. The van der Waals surface area contributed by atoms with Gasteiger partial charge >= 0.3 is 0 Å². The van der Waals surface area contributed by atoms with Crippen LogP contribution in [0.5, 0.6) is 17.2 Å². The SMILES string of the molecule is COc1cccc(OC)c1-c1cc(N)ccc1O. The number of anilines is 1. The Bertz CT molecular complexity index is 545. The van der Waals surface area contributed by atoms with Crippen LogP contribution < -0.4 is 15.2 Å². The van der Waals surface area contributed by atoms with Crippen molar-refractivity contribution in [3.63, 3.8) is 0 Å². The molecule has 0 unspecified atom stereocenters. The van der Waals surface area contributed by atoms with Gasteiger partial charge in [0, 0.05) is 11.3 Å². The van der Waals surface area contributed by atoms with E-state index >= 15 is 0 Å². The van der Waals surface area contributed by atoms with Crippen LogP contribution in [0.15, 0.2) is 36.4 Å². The number of ether oxygens (including phenoxy) is 2. The molecule has 2 aromatic carbocycles. The van der Waals surface area contributed by atoms with Crippen LogP contribution in [0.4, 0.5) is 5.69 Å². The molecular formula is C14H15NO3. The van der Waals surface area contributed by atoms with Gasteiger partial charge in [0.25, 0.3) is 0 Å². The summed E-state index contributed by atoms with van der Waals surface area (Å²) in [5, 5.41) is 9.96. The van der Waals surface area contributed by atoms with Crippen molar-refractivity contribution >= 4 is 5.69 Å². The second kappa shape index (κ2) is 4.87. The number of nitrogens with two attached hydrogens (primary N) is 1. The van der Waals surface area contributed by atoms with Gasteiger partial charge in [0.05, 0.1) is 19.8 Å². The Morgan fingerprint density at radius 1 is 1.00 bits per heavy atom. The summed E-state index contributed by atoms with van der Waals surface area (Å²) in [5.74, 6) is 1.37. The molecular weight excluding hydrogens is 230 g/mol. The Morgan fingerprint density at radius 2 is 1.61 bits per heavy atom. The Balaban J connectivity index is 2.72. The van der Waals surface area contributed by atoms with Crippen molar-refractivity contribution in [2.24, 2.45) is 0 Å². The molecule has 0 radical (unpaired) electrons. The molecule has 0 aliphatic carbocycles. The largest absolute Gasteiger partial charge is 0.507 e. The van der Waals surface area contributed by atoms with E-state index < -0.39 is 0 Å². The topological polar surface area (TPSA) is 64.7 Å². The van der Waals surface area contributed by atoms with Crippen molar-refractivity contribution in [1.29, 1.82) is 0 Å². The van der Waals surface area contributed by atoms with Gasteiger partial charge in [0.2, 0.25) is 0 Å². The summed E-state index contributed by atoms with van der Waals surface area (Å²) < 4.78 is 10.6. The summed E-state index contributed by atoms with van der Waals surface area (Å²) in [5.41, 5.74) is 7.60. The van der Waals surface area contributed by atoms with Crippen LogP contribution in [0.25, 0.3) is 11.1 Å². The third-order valence-electron chi connectivity index (χ3n) is 2.72. The quantitative estimate of drug-likeness (QED) is 0.644. The third kappa shape index (κ3) is 2.05. The first kappa shape index (κ1) is 12.1. The van der Waals surface area contributed by atoms with Crippen LogP contribution >= 0.6 is 0 Å². The van der Waals surface area contributed by atoms with Gasteiger partial charge in [-0.15, -0.1) is 0 Å². The second-order valence-electron chi connectivity index (χ2n) is 3.81. The van der Waals surface area contributed by atoms with E-state index in [-0.39, 0.29) is 5.75 Å². The van der Waals surface area contributed by atoms with Gasteiger partial charge in [-0.1, -0.05) is 6.07 Å². The van der Waals surface area contributed by atoms with Gasteiger partial charge in [-0.05, 0) is 30.3 Å². The molecule has 0 spiro atoms. The lowest BCUT2D eigenvalue weighted by atomic mass is 10.0. The van der Waals surface area contributed by atoms with E-state index in [0.29, 0.717) is 28.3 Å². The summed E-state index contributed by atoms with van der Waals surface area (Å²) in [6.07, 6.45) is 0. The van der Waals surface area contributed by atoms with Gasteiger partial charge in [0.15, 0.2) is 0 Å². The van der Waals surface area contributed by atoms with E-state index in [9.17, 15) is 5.11 Å². The first-order valence-electron chi connectivity index (χ1n) is 5.47. The minimum atomic E-state index is 0.131. The number of phenols is 1. The molecule has 0 bridgehead atoms. The number of benzene rings is 2. The van der Waals surface area contributed by atoms with Crippen LogP contribution in [0, 0.1) is 0 Å². The van der Waals surface area contributed by atoms with Crippen molar-refractivity contribution < 1.29 is 14.6 Å². The second-order valence-corrected chi connectivity index (χ2v) is 3.81. The lowest BCUT2D eigenvalue weighted by Gasteiger charge is -2.14. The lowest BCUT2D eigenvalue weighted by Crippen LogP contribution is -1.94. The van der Waals surface area contributed by atoms with Crippen molar-refractivity contribution in [2.45, 2.75) is 0 Å². The minimum absolute atomic E-state index is 0.131. The number of methoxy groups -OCH3 is 2. The third-order valence-corrected chi connectivity index (χ3v) is 2.72. The molecule has 0 heterocycles. The van der Waals surface area contributed by atoms with Crippen molar-refractivity contribution in [3.05, 3.63) is 36.4 Å². The zero-order valence-corrected chi connectivity index (χ0v) is 10.3. The van der Waals surface area contributed by atoms with Crippen LogP contribution in [0.1, 0.15) is 0 Å². The maximum atomic E-state index is 9.96. The van der Waals surface area contributed by atoms with E-state index in [1.54, 1.807) is 44.6 Å². The number of rotatable bonds is 3. The number of hydrogen-bond donors (Lipinski definition) is 2. The fraction of sp³-hybridized carbons (Fsp3) is 0.143. The fourth-order valence-electron chi connectivity index (χ4n) is 1.87. The molecule has 0 aliphatic heterocycles. The molecule has 0 saturated carbocycles. The molecule has 2 rings (SSSR count). The maximum absolute atomic E-state index is 9.96. The standard InChI is InChI=1S/C14H15NO3/c1-17-12-4-3-5-13(18-2)14(12)10-8-9(15)6-7-11(10)16/h3-8,16H,15H2,1-2H3. The van der Waals surface area contributed by atoms with E-state index in [0.717, 1.165) is 0 Å². The number of hydrogen-bond acceptors (Lipinski definition) is 4. The zero-order valence-electron chi connectivity index (χ0n) is 10.3. The highest BCUT2D eigenvalue weighted by atomic mass is 16.5.